The molecule has 0 aliphatic carbocycles. The highest BCUT2D eigenvalue weighted by molar-refractivity contribution is 7.17. The van der Waals surface area contributed by atoms with E-state index in [0.29, 0.717) is 21.5 Å². The lowest BCUT2D eigenvalue weighted by Crippen LogP contribution is -2.05. The van der Waals surface area contributed by atoms with Crippen molar-refractivity contribution in [2.45, 2.75) is 13.2 Å². The first kappa shape index (κ1) is 15.8. The minimum absolute atomic E-state index is 0.117. The van der Waals surface area contributed by atoms with E-state index in [1.807, 2.05) is 29.6 Å². The molecule has 4 rings (SSSR count). The van der Waals surface area contributed by atoms with Crippen LogP contribution in [-0.4, -0.2) is 15.2 Å². The molecule has 0 spiro atoms. The molecule has 5 nitrogen and oxygen atoms in total. The van der Waals surface area contributed by atoms with Crippen LogP contribution in [0.25, 0.3) is 32.1 Å². The lowest BCUT2D eigenvalue weighted by atomic mass is 9.92. The summed E-state index contributed by atoms with van der Waals surface area (Å²) in [5.41, 5.74) is 10.1. The van der Waals surface area contributed by atoms with Crippen LogP contribution in [0.3, 0.4) is 0 Å². The molecule has 2 heterocycles. The fourth-order valence-corrected chi connectivity index (χ4v) is 4.05. The van der Waals surface area contributed by atoms with Crippen molar-refractivity contribution >= 4 is 38.0 Å². The third-order valence-corrected chi connectivity index (χ3v) is 5.37. The monoisotopic (exact) mass is 352 g/mol. The number of aromatic amines is 1. The first-order chi connectivity index (χ1) is 12.1. The molecule has 4 aromatic rings. The lowest BCUT2D eigenvalue weighted by Gasteiger charge is -2.14. The molecule has 0 fully saturated rings. The van der Waals surface area contributed by atoms with E-state index in [4.69, 9.17) is 5.73 Å². The van der Waals surface area contributed by atoms with Crippen molar-refractivity contribution in [2.24, 2.45) is 0 Å². The van der Waals surface area contributed by atoms with Gasteiger partial charge in [0.25, 0.3) is 5.56 Å². The number of pyridine rings is 1. The summed E-state index contributed by atoms with van der Waals surface area (Å²) < 4.78 is 0.654. The van der Waals surface area contributed by atoms with Crippen molar-refractivity contribution in [3.63, 3.8) is 0 Å². The second-order valence-corrected chi connectivity index (χ2v) is 6.79. The first-order valence-corrected chi connectivity index (χ1v) is 8.67. The van der Waals surface area contributed by atoms with Crippen LogP contribution < -0.4 is 11.3 Å². The van der Waals surface area contributed by atoms with Crippen LogP contribution in [0.2, 0.25) is 0 Å². The fraction of sp³-hybridized carbons (Fsp3) is 0.105. The van der Waals surface area contributed by atoms with E-state index in [0.717, 1.165) is 27.5 Å². The molecule has 126 valence electrons. The molecule has 0 unspecified atom stereocenters. The molecule has 0 saturated heterocycles. The molecule has 0 aliphatic rings. The molecule has 0 amide bonds. The van der Waals surface area contributed by atoms with Crippen LogP contribution >= 0.6 is 11.3 Å². The Balaban J connectivity index is 2.18. The van der Waals surface area contributed by atoms with E-state index in [9.17, 15) is 15.0 Å². The summed E-state index contributed by atoms with van der Waals surface area (Å²) in [6.07, 6.45) is 0. The van der Waals surface area contributed by atoms with Gasteiger partial charge in [-0.25, -0.2) is 0 Å². The standard InChI is InChI=1S/C19H16N2O3S/c20-14-3-1-10(7-12(14)9-23)16-11(8-22)2-4-15-17(16)13-5-6-25-18(13)19(24)21-15/h1-7,22-23H,8-9,20H2,(H,21,24). The maximum Gasteiger partial charge on any atom is 0.266 e. The largest absolute Gasteiger partial charge is 0.398 e. The number of nitrogen functional groups attached to an aromatic ring is 1. The summed E-state index contributed by atoms with van der Waals surface area (Å²) in [6.45, 7) is -0.293. The minimum Gasteiger partial charge on any atom is -0.398 e. The Labute approximate surface area is 147 Å². The predicted octanol–water partition coefficient (Wildman–Crippen LogP) is 2.98. The molecule has 5 N–H and O–H groups in total. The molecule has 2 aromatic heterocycles. The Hall–Kier alpha value is -2.67. The number of aromatic nitrogens is 1. The van der Waals surface area contributed by atoms with E-state index < -0.39 is 0 Å². The first-order valence-electron chi connectivity index (χ1n) is 7.79. The Bertz CT molecular complexity index is 1160. The Morgan fingerprint density at radius 2 is 1.84 bits per heavy atom. The zero-order chi connectivity index (χ0) is 17.6. The minimum atomic E-state index is -0.163. The van der Waals surface area contributed by atoms with Gasteiger partial charge in [0, 0.05) is 27.5 Å². The summed E-state index contributed by atoms with van der Waals surface area (Å²) >= 11 is 1.39. The number of hydrogen-bond donors (Lipinski definition) is 4. The number of benzene rings is 2. The zero-order valence-corrected chi connectivity index (χ0v) is 14.1. The topological polar surface area (TPSA) is 99.3 Å². The Kier molecular flexibility index (Phi) is 3.80. The van der Waals surface area contributed by atoms with Crippen molar-refractivity contribution in [1.29, 1.82) is 0 Å². The maximum atomic E-state index is 12.3. The van der Waals surface area contributed by atoms with Gasteiger partial charge in [-0.05, 0) is 46.3 Å². The average molecular weight is 352 g/mol. The van der Waals surface area contributed by atoms with Gasteiger partial charge in [-0.1, -0.05) is 12.1 Å². The molecule has 0 saturated carbocycles. The molecular formula is C19H16N2O3S. The van der Waals surface area contributed by atoms with Gasteiger partial charge >= 0.3 is 0 Å². The molecule has 6 heteroatoms. The van der Waals surface area contributed by atoms with Gasteiger partial charge in [0.1, 0.15) is 4.70 Å². The van der Waals surface area contributed by atoms with Crippen LogP contribution in [-0.2, 0) is 13.2 Å². The van der Waals surface area contributed by atoms with E-state index in [1.165, 1.54) is 11.3 Å². The van der Waals surface area contributed by atoms with Crippen molar-refractivity contribution < 1.29 is 10.2 Å². The zero-order valence-electron chi connectivity index (χ0n) is 13.2. The smallest absolute Gasteiger partial charge is 0.266 e. The summed E-state index contributed by atoms with van der Waals surface area (Å²) in [5, 5.41) is 23.0. The van der Waals surface area contributed by atoms with Gasteiger partial charge in [-0.15, -0.1) is 11.3 Å². The molecule has 0 radical (unpaired) electrons. The van der Waals surface area contributed by atoms with Gasteiger partial charge in [0.15, 0.2) is 0 Å². The number of anilines is 1. The summed E-state index contributed by atoms with van der Waals surface area (Å²) in [4.78, 5) is 15.2. The second kappa shape index (κ2) is 6.00. The van der Waals surface area contributed by atoms with Gasteiger partial charge in [-0.3, -0.25) is 4.79 Å². The highest BCUT2D eigenvalue weighted by Crippen LogP contribution is 2.37. The molecular weight excluding hydrogens is 336 g/mol. The predicted molar refractivity (Wildman–Crippen MR) is 102 cm³/mol. The Morgan fingerprint density at radius 1 is 1.04 bits per heavy atom. The maximum absolute atomic E-state index is 12.3. The van der Waals surface area contributed by atoms with Crippen molar-refractivity contribution in [1.82, 2.24) is 4.98 Å². The number of H-pyrrole nitrogens is 1. The van der Waals surface area contributed by atoms with Crippen LogP contribution in [0, 0.1) is 0 Å². The van der Waals surface area contributed by atoms with E-state index >= 15 is 0 Å². The summed E-state index contributed by atoms with van der Waals surface area (Å²) in [6, 6.07) is 11.0. The normalized spacial score (nSPS) is 11.4. The van der Waals surface area contributed by atoms with E-state index in [-0.39, 0.29) is 18.8 Å². The van der Waals surface area contributed by atoms with Crippen molar-refractivity contribution in [2.75, 3.05) is 5.73 Å². The number of aliphatic hydroxyl groups excluding tert-OH is 2. The fourth-order valence-electron chi connectivity index (χ4n) is 3.25. The summed E-state index contributed by atoms with van der Waals surface area (Å²) in [7, 11) is 0. The number of fused-ring (bicyclic) bond motifs is 3. The molecule has 2 aromatic carbocycles. The highest BCUT2D eigenvalue weighted by Gasteiger charge is 2.16. The van der Waals surface area contributed by atoms with Gasteiger partial charge in [-0.2, -0.15) is 0 Å². The van der Waals surface area contributed by atoms with Crippen LogP contribution in [0.5, 0.6) is 0 Å². The summed E-state index contributed by atoms with van der Waals surface area (Å²) in [5.74, 6) is 0. The van der Waals surface area contributed by atoms with Gasteiger partial charge in [0.2, 0.25) is 0 Å². The third-order valence-electron chi connectivity index (χ3n) is 4.45. The van der Waals surface area contributed by atoms with E-state index in [2.05, 4.69) is 4.98 Å². The molecule has 25 heavy (non-hydrogen) atoms. The van der Waals surface area contributed by atoms with Crippen molar-refractivity contribution in [3.8, 4) is 11.1 Å². The number of nitrogens with two attached hydrogens (primary N) is 1. The average Bonchev–Trinajstić information content (AvgIpc) is 3.12. The van der Waals surface area contributed by atoms with Gasteiger partial charge in [0.05, 0.1) is 13.2 Å². The second-order valence-electron chi connectivity index (χ2n) is 5.87. The highest BCUT2D eigenvalue weighted by atomic mass is 32.1. The number of aliphatic hydroxyl groups is 2. The Morgan fingerprint density at radius 3 is 2.60 bits per heavy atom. The quantitative estimate of drug-likeness (QED) is 0.426. The third kappa shape index (κ3) is 2.42. The van der Waals surface area contributed by atoms with Crippen LogP contribution in [0.1, 0.15) is 11.1 Å². The SMILES string of the molecule is Nc1ccc(-c2c(CO)ccc3[nH]c(=O)c4sccc4c23)cc1CO. The lowest BCUT2D eigenvalue weighted by molar-refractivity contribution is 0.282. The van der Waals surface area contributed by atoms with Crippen LogP contribution in [0.4, 0.5) is 5.69 Å². The molecule has 0 aliphatic heterocycles. The van der Waals surface area contributed by atoms with Crippen LogP contribution in [0.15, 0.2) is 46.6 Å². The molecule has 0 atom stereocenters. The molecule has 0 bridgehead atoms. The number of nitrogens with one attached hydrogen (secondary N) is 1. The van der Waals surface area contributed by atoms with Gasteiger partial charge < -0.3 is 20.9 Å². The van der Waals surface area contributed by atoms with E-state index in [1.54, 1.807) is 12.1 Å². The number of thiophene rings is 1. The van der Waals surface area contributed by atoms with Crippen molar-refractivity contribution in [3.05, 3.63) is 63.3 Å². The number of rotatable bonds is 3. The number of hydrogen-bond acceptors (Lipinski definition) is 5.